The lowest BCUT2D eigenvalue weighted by Crippen LogP contribution is -2.51. The molecule has 3 atom stereocenters. The van der Waals surface area contributed by atoms with Gasteiger partial charge in [-0.2, -0.15) is 0 Å². The standard InChI is InChI=1S/C16H30N2O2.ClH/c1-3-15(20-13-7-5-4-6-8-13)16(19)18-14-9-10-17-11-12(14)2;/h12-15,17H,3-11H2,1-2H3,(H,18,19);1H. The van der Waals surface area contributed by atoms with Gasteiger partial charge in [0.05, 0.1) is 6.10 Å². The van der Waals surface area contributed by atoms with Gasteiger partial charge >= 0.3 is 0 Å². The van der Waals surface area contributed by atoms with Crippen molar-refractivity contribution in [2.75, 3.05) is 13.1 Å². The molecule has 0 aromatic heterocycles. The zero-order chi connectivity index (χ0) is 14.4. The van der Waals surface area contributed by atoms with E-state index in [-0.39, 0.29) is 24.4 Å². The van der Waals surface area contributed by atoms with E-state index in [1.165, 1.54) is 19.3 Å². The highest BCUT2D eigenvalue weighted by atomic mass is 35.5. The molecule has 1 amide bonds. The van der Waals surface area contributed by atoms with Crippen LogP contribution in [0.3, 0.4) is 0 Å². The van der Waals surface area contributed by atoms with Gasteiger partial charge in [-0.3, -0.25) is 4.79 Å². The van der Waals surface area contributed by atoms with Crippen LogP contribution in [-0.2, 0) is 9.53 Å². The number of nitrogens with one attached hydrogen (secondary N) is 2. The predicted molar refractivity (Wildman–Crippen MR) is 87.9 cm³/mol. The van der Waals surface area contributed by atoms with Crippen LogP contribution in [0, 0.1) is 5.92 Å². The van der Waals surface area contributed by atoms with Crippen molar-refractivity contribution in [3.8, 4) is 0 Å². The van der Waals surface area contributed by atoms with Crippen LogP contribution < -0.4 is 10.6 Å². The number of ether oxygens (including phenoxy) is 1. The maximum absolute atomic E-state index is 12.4. The monoisotopic (exact) mass is 318 g/mol. The van der Waals surface area contributed by atoms with Crippen molar-refractivity contribution in [1.82, 2.24) is 10.6 Å². The van der Waals surface area contributed by atoms with Crippen molar-refractivity contribution in [2.45, 2.75) is 77.0 Å². The largest absolute Gasteiger partial charge is 0.365 e. The molecule has 0 spiro atoms. The fraction of sp³-hybridized carbons (Fsp3) is 0.938. The molecule has 0 bridgehead atoms. The summed E-state index contributed by atoms with van der Waals surface area (Å²) in [5.41, 5.74) is 0. The van der Waals surface area contributed by atoms with Gasteiger partial charge in [-0.05, 0) is 44.7 Å². The van der Waals surface area contributed by atoms with Crippen molar-refractivity contribution in [1.29, 1.82) is 0 Å². The van der Waals surface area contributed by atoms with E-state index < -0.39 is 0 Å². The second kappa shape index (κ2) is 9.65. The number of carbonyl (C=O) groups is 1. The van der Waals surface area contributed by atoms with Crippen molar-refractivity contribution in [2.24, 2.45) is 5.92 Å². The summed E-state index contributed by atoms with van der Waals surface area (Å²) in [5, 5.41) is 6.57. The first kappa shape index (κ1) is 18.7. The highest BCUT2D eigenvalue weighted by molar-refractivity contribution is 5.85. The quantitative estimate of drug-likeness (QED) is 0.819. The summed E-state index contributed by atoms with van der Waals surface area (Å²) in [6.45, 7) is 6.22. The summed E-state index contributed by atoms with van der Waals surface area (Å²) in [4.78, 5) is 12.4. The molecule has 1 aliphatic heterocycles. The topological polar surface area (TPSA) is 50.4 Å². The highest BCUT2D eigenvalue weighted by Gasteiger charge is 2.28. The van der Waals surface area contributed by atoms with Crippen molar-refractivity contribution >= 4 is 18.3 Å². The van der Waals surface area contributed by atoms with Crippen LogP contribution in [0.2, 0.25) is 0 Å². The Morgan fingerprint density at radius 2 is 2.00 bits per heavy atom. The zero-order valence-electron chi connectivity index (χ0n) is 13.4. The molecule has 2 N–H and O–H groups in total. The van der Waals surface area contributed by atoms with Crippen LogP contribution in [0.5, 0.6) is 0 Å². The first-order valence-electron chi connectivity index (χ1n) is 8.37. The number of rotatable bonds is 5. The minimum absolute atomic E-state index is 0. The number of carbonyl (C=O) groups excluding carboxylic acids is 1. The lowest BCUT2D eigenvalue weighted by Gasteiger charge is -2.32. The fourth-order valence-corrected chi connectivity index (χ4v) is 3.28. The summed E-state index contributed by atoms with van der Waals surface area (Å²) in [6.07, 6.45) is 7.86. The highest BCUT2D eigenvalue weighted by Crippen LogP contribution is 2.22. The number of hydrogen-bond donors (Lipinski definition) is 2. The third-order valence-electron chi connectivity index (χ3n) is 4.69. The maximum atomic E-state index is 12.4. The second-order valence-corrected chi connectivity index (χ2v) is 6.38. The molecule has 1 aliphatic carbocycles. The van der Waals surface area contributed by atoms with E-state index in [0.29, 0.717) is 18.1 Å². The smallest absolute Gasteiger partial charge is 0.249 e. The molecule has 0 radical (unpaired) electrons. The number of piperidine rings is 1. The molecule has 124 valence electrons. The van der Waals surface area contributed by atoms with Gasteiger partial charge in [0.15, 0.2) is 0 Å². The Hall–Kier alpha value is -0.320. The average Bonchev–Trinajstić information content (AvgIpc) is 2.48. The van der Waals surface area contributed by atoms with Gasteiger partial charge in [-0.25, -0.2) is 0 Å². The Morgan fingerprint density at radius 3 is 2.62 bits per heavy atom. The van der Waals surface area contributed by atoms with Gasteiger partial charge in [0.2, 0.25) is 5.91 Å². The Labute approximate surface area is 135 Å². The summed E-state index contributed by atoms with van der Waals surface area (Å²) in [6, 6.07) is 0.299. The van der Waals surface area contributed by atoms with E-state index in [4.69, 9.17) is 4.74 Å². The Morgan fingerprint density at radius 1 is 1.29 bits per heavy atom. The number of amides is 1. The molecule has 5 heteroatoms. The first-order valence-corrected chi connectivity index (χ1v) is 8.37. The molecule has 2 rings (SSSR count). The molecule has 1 heterocycles. The molecule has 1 saturated heterocycles. The summed E-state index contributed by atoms with van der Waals surface area (Å²) in [7, 11) is 0. The molecule has 3 unspecified atom stereocenters. The van der Waals surface area contributed by atoms with Crippen LogP contribution in [0.1, 0.15) is 58.8 Å². The number of halogens is 1. The van der Waals surface area contributed by atoms with E-state index in [2.05, 4.69) is 17.6 Å². The molecular weight excluding hydrogens is 288 g/mol. The minimum Gasteiger partial charge on any atom is -0.365 e. The van der Waals surface area contributed by atoms with Crippen LogP contribution >= 0.6 is 12.4 Å². The SMILES string of the molecule is CCC(OC1CCCCC1)C(=O)NC1CCNCC1C.Cl. The van der Waals surface area contributed by atoms with E-state index in [9.17, 15) is 4.79 Å². The predicted octanol–water partition coefficient (Wildman–Crippen LogP) is 2.65. The Balaban J connectivity index is 0.00000220. The van der Waals surface area contributed by atoms with Crippen LogP contribution in [0.4, 0.5) is 0 Å². The normalized spacial score (nSPS) is 28.5. The van der Waals surface area contributed by atoms with E-state index in [0.717, 1.165) is 38.8 Å². The van der Waals surface area contributed by atoms with Gasteiger partial charge in [-0.15, -0.1) is 12.4 Å². The van der Waals surface area contributed by atoms with E-state index in [1.54, 1.807) is 0 Å². The van der Waals surface area contributed by atoms with Crippen molar-refractivity contribution in [3.05, 3.63) is 0 Å². The van der Waals surface area contributed by atoms with Crippen LogP contribution in [0.25, 0.3) is 0 Å². The van der Waals surface area contributed by atoms with Crippen LogP contribution in [-0.4, -0.2) is 37.2 Å². The van der Waals surface area contributed by atoms with Gasteiger partial charge in [-0.1, -0.05) is 33.1 Å². The third kappa shape index (κ3) is 5.76. The lowest BCUT2D eigenvalue weighted by molar-refractivity contribution is -0.139. The molecule has 0 aromatic carbocycles. The zero-order valence-corrected chi connectivity index (χ0v) is 14.2. The molecule has 4 nitrogen and oxygen atoms in total. The molecular formula is C16H31ClN2O2. The van der Waals surface area contributed by atoms with E-state index >= 15 is 0 Å². The second-order valence-electron chi connectivity index (χ2n) is 6.38. The van der Waals surface area contributed by atoms with Crippen LogP contribution in [0.15, 0.2) is 0 Å². The Kier molecular flexibility index (Phi) is 8.60. The third-order valence-corrected chi connectivity index (χ3v) is 4.69. The van der Waals surface area contributed by atoms with Gasteiger partial charge in [0.25, 0.3) is 0 Å². The van der Waals surface area contributed by atoms with E-state index in [1.807, 2.05) is 6.92 Å². The molecule has 21 heavy (non-hydrogen) atoms. The minimum atomic E-state index is -0.264. The van der Waals surface area contributed by atoms with Gasteiger partial charge in [0.1, 0.15) is 6.10 Å². The fourth-order valence-electron chi connectivity index (χ4n) is 3.28. The van der Waals surface area contributed by atoms with Crippen molar-refractivity contribution in [3.63, 3.8) is 0 Å². The number of hydrogen-bond acceptors (Lipinski definition) is 3. The Bertz CT molecular complexity index is 309. The molecule has 0 aromatic rings. The summed E-state index contributed by atoms with van der Waals surface area (Å²) >= 11 is 0. The maximum Gasteiger partial charge on any atom is 0.249 e. The average molecular weight is 319 g/mol. The van der Waals surface area contributed by atoms with Crippen molar-refractivity contribution < 1.29 is 9.53 Å². The van der Waals surface area contributed by atoms with Gasteiger partial charge < -0.3 is 15.4 Å². The summed E-state index contributed by atoms with van der Waals surface area (Å²) < 4.78 is 6.05. The first-order chi connectivity index (χ1) is 9.70. The molecule has 1 saturated carbocycles. The molecule has 2 aliphatic rings. The summed E-state index contributed by atoms with van der Waals surface area (Å²) in [5.74, 6) is 0.594. The molecule has 2 fully saturated rings. The lowest BCUT2D eigenvalue weighted by atomic mass is 9.95. The van der Waals surface area contributed by atoms with Gasteiger partial charge in [0, 0.05) is 6.04 Å².